The molecule has 1 amide bonds. The van der Waals surface area contributed by atoms with Gasteiger partial charge in [0.05, 0.1) is 5.69 Å². The van der Waals surface area contributed by atoms with Crippen molar-refractivity contribution in [3.63, 3.8) is 0 Å². The van der Waals surface area contributed by atoms with Crippen molar-refractivity contribution >= 4 is 11.6 Å². The number of benzene rings is 1. The maximum absolute atomic E-state index is 13.3. The Labute approximate surface area is 113 Å². The molecule has 0 saturated carbocycles. The molecule has 1 heterocycles. The summed E-state index contributed by atoms with van der Waals surface area (Å²) in [5.74, 6) is -1.11. The van der Waals surface area contributed by atoms with Gasteiger partial charge in [0, 0.05) is 29.4 Å². The Hall–Kier alpha value is -2.63. The first-order valence-electron chi connectivity index (χ1n) is 6.76. The van der Waals surface area contributed by atoms with Gasteiger partial charge in [-0.1, -0.05) is 0 Å². The third kappa shape index (κ3) is 2.98. The predicted octanol–water partition coefficient (Wildman–Crippen LogP) is 1.95. The van der Waals surface area contributed by atoms with Gasteiger partial charge in [0.25, 0.3) is 5.91 Å². The standard InChI is InChI=1S/C13H12FN3O2/c1-16-13(18)12-7-9(4-5-17-12)19-8-2-3-11(15)10(14)6-8/h2-7H,15H2,1H3,(H,16,18)/i1D3. The van der Waals surface area contributed by atoms with E-state index in [0.717, 1.165) is 6.07 Å². The molecule has 0 unspecified atom stereocenters. The lowest BCUT2D eigenvalue weighted by atomic mass is 10.3. The lowest BCUT2D eigenvalue weighted by Crippen LogP contribution is -2.18. The first-order chi connectivity index (χ1) is 10.2. The number of nitrogens with two attached hydrogens (primary N) is 1. The molecule has 2 aromatic rings. The van der Waals surface area contributed by atoms with Crippen LogP contribution in [0.15, 0.2) is 36.5 Å². The molecule has 0 bridgehead atoms. The van der Waals surface area contributed by atoms with Crippen LogP contribution in [0.1, 0.15) is 14.6 Å². The molecule has 0 spiro atoms. The van der Waals surface area contributed by atoms with Crippen molar-refractivity contribution < 1.29 is 18.0 Å². The molecule has 0 aliphatic carbocycles. The van der Waals surface area contributed by atoms with E-state index in [1.165, 1.54) is 30.5 Å². The Morgan fingerprint density at radius 2 is 2.21 bits per heavy atom. The number of carbonyl (C=O) groups is 1. The number of nitrogen functional groups attached to an aromatic ring is 1. The van der Waals surface area contributed by atoms with Crippen LogP contribution >= 0.6 is 0 Å². The smallest absolute Gasteiger partial charge is 0.269 e. The lowest BCUT2D eigenvalue weighted by molar-refractivity contribution is 0.0958. The number of hydrogen-bond donors (Lipinski definition) is 2. The van der Waals surface area contributed by atoms with Crippen LogP contribution in [-0.2, 0) is 0 Å². The highest BCUT2D eigenvalue weighted by Gasteiger charge is 2.07. The summed E-state index contributed by atoms with van der Waals surface area (Å²) in [5.41, 5.74) is 5.21. The van der Waals surface area contributed by atoms with Gasteiger partial charge in [0.1, 0.15) is 23.0 Å². The van der Waals surface area contributed by atoms with Gasteiger partial charge in [-0.25, -0.2) is 4.39 Å². The molecule has 6 heteroatoms. The number of anilines is 1. The molecule has 2 rings (SSSR count). The van der Waals surface area contributed by atoms with E-state index in [9.17, 15) is 9.18 Å². The summed E-state index contributed by atoms with van der Waals surface area (Å²) >= 11 is 0. The van der Waals surface area contributed by atoms with Crippen molar-refractivity contribution in [3.8, 4) is 11.5 Å². The quantitative estimate of drug-likeness (QED) is 0.831. The summed E-state index contributed by atoms with van der Waals surface area (Å²) in [6.07, 6.45) is 1.28. The minimum Gasteiger partial charge on any atom is -0.457 e. The average molecular weight is 264 g/mol. The van der Waals surface area contributed by atoms with Crippen LogP contribution in [0.2, 0.25) is 0 Å². The summed E-state index contributed by atoms with van der Waals surface area (Å²) in [5, 5.41) is 1.81. The van der Waals surface area contributed by atoms with Gasteiger partial charge in [-0.15, -0.1) is 0 Å². The van der Waals surface area contributed by atoms with Crippen molar-refractivity contribution in [2.24, 2.45) is 0 Å². The van der Waals surface area contributed by atoms with Gasteiger partial charge >= 0.3 is 0 Å². The van der Waals surface area contributed by atoms with E-state index >= 15 is 0 Å². The van der Waals surface area contributed by atoms with Gasteiger partial charge < -0.3 is 15.8 Å². The fraction of sp³-hybridized carbons (Fsp3) is 0.0769. The summed E-state index contributed by atoms with van der Waals surface area (Å²) in [6.45, 7) is -2.62. The van der Waals surface area contributed by atoms with E-state index in [2.05, 4.69) is 4.98 Å². The van der Waals surface area contributed by atoms with Gasteiger partial charge in [-0.3, -0.25) is 9.78 Å². The highest BCUT2D eigenvalue weighted by molar-refractivity contribution is 5.92. The van der Waals surface area contributed by atoms with Crippen LogP contribution in [0.3, 0.4) is 0 Å². The van der Waals surface area contributed by atoms with Crippen LogP contribution in [0.5, 0.6) is 11.5 Å². The molecule has 5 nitrogen and oxygen atoms in total. The minimum absolute atomic E-state index is 0.0141. The molecule has 98 valence electrons. The first-order valence-corrected chi connectivity index (χ1v) is 5.26. The Balaban J connectivity index is 2.17. The molecule has 0 radical (unpaired) electrons. The van der Waals surface area contributed by atoms with E-state index in [-0.39, 0.29) is 22.9 Å². The van der Waals surface area contributed by atoms with Crippen LogP contribution in [0.4, 0.5) is 10.1 Å². The monoisotopic (exact) mass is 264 g/mol. The van der Waals surface area contributed by atoms with Gasteiger partial charge in [-0.05, 0) is 18.2 Å². The van der Waals surface area contributed by atoms with Crippen molar-refractivity contribution in [3.05, 3.63) is 48.0 Å². The van der Waals surface area contributed by atoms with Crippen molar-refractivity contribution in [2.45, 2.75) is 0 Å². The fourth-order valence-corrected chi connectivity index (χ4v) is 1.37. The van der Waals surface area contributed by atoms with Gasteiger partial charge in [0.2, 0.25) is 0 Å². The van der Waals surface area contributed by atoms with E-state index < -0.39 is 18.7 Å². The number of aromatic nitrogens is 1. The molecule has 0 atom stereocenters. The second kappa shape index (κ2) is 5.34. The molecule has 0 aliphatic heterocycles. The number of pyridine rings is 1. The van der Waals surface area contributed by atoms with Crippen LogP contribution in [0, 0.1) is 5.82 Å². The number of carbonyl (C=O) groups excluding carboxylic acids is 1. The second-order valence-electron chi connectivity index (χ2n) is 3.62. The topological polar surface area (TPSA) is 77.2 Å². The van der Waals surface area contributed by atoms with Crippen LogP contribution < -0.4 is 15.8 Å². The molecule has 0 aliphatic rings. The highest BCUT2D eigenvalue weighted by atomic mass is 19.1. The number of amides is 1. The number of halogens is 1. The number of rotatable bonds is 3. The largest absolute Gasteiger partial charge is 0.457 e. The second-order valence-corrected chi connectivity index (χ2v) is 3.62. The first kappa shape index (κ1) is 9.32. The molecule has 1 aromatic heterocycles. The maximum atomic E-state index is 13.3. The van der Waals surface area contributed by atoms with Crippen molar-refractivity contribution in [2.75, 3.05) is 12.7 Å². The predicted molar refractivity (Wildman–Crippen MR) is 68.5 cm³/mol. The van der Waals surface area contributed by atoms with E-state index in [1.807, 2.05) is 5.32 Å². The Morgan fingerprint density at radius 1 is 1.42 bits per heavy atom. The zero-order valence-corrected chi connectivity index (χ0v) is 9.68. The summed E-state index contributed by atoms with van der Waals surface area (Å²) < 4.78 is 39.6. The maximum Gasteiger partial charge on any atom is 0.269 e. The zero-order chi connectivity index (χ0) is 16.3. The number of nitrogens with zero attached hydrogens (tertiary/aromatic N) is 1. The van der Waals surface area contributed by atoms with E-state index in [0.29, 0.717) is 0 Å². The molecule has 3 N–H and O–H groups in total. The molecule has 0 saturated heterocycles. The number of ether oxygens (including phenoxy) is 1. The van der Waals surface area contributed by atoms with Crippen molar-refractivity contribution in [1.29, 1.82) is 0 Å². The van der Waals surface area contributed by atoms with Gasteiger partial charge in [0.15, 0.2) is 0 Å². The Kier molecular flexibility index (Phi) is 2.62. The lowest BCUT2D eigenvalue weighted by Gasteiger charge is -2.07. The third-order valence-corrected chi connectivity index (χ3v) is 2.29. The van der Waals surface area contributed by atoms with Crippen molar-refractivity contribution in [1.82, 2.24) is 10.3 Å². The third-order valence-electron chi connectivity index (χ3n) is 2.29. The zero-order valence-electron chi connectivity index (χ0n) is 12.7. The number of nitrogens with one attached hydrogen (secondary N) is 1. The number of hydrogen-bond acceptors (Lipinski definition) is 4. The summed E-state index contributed by atoms with van der Waals surface area (Å²) in [6, 6.07) is 6.59. The molecule has 0 fully saturated rings. The average Bonchev–Trinajstić information content (AvgIpc) is 2.41. The molecular formula is C13H12FN3O2. The van der Waals surface area contributed by atoms with Crippen LogP contribution in [-0.4, -0.2) is 17.9 Å². The summed E-state index contributed by atoms with van der Waals surface area (Å²) in [4.78, 5) is 15.5. The molecule has 19 heavy (non-hydrogen) atoms. The highest BCUT2D eigenvalue weighted by Crippen LogP contribution is 2.24. The van der Waals surface area contributed by atoms with E-state index in [1.54, 1.807) is 0 Å². The normalized spacial score (nSPS) is 13.0. The Bertz CT molecular complexity index is 707. The minimum atomic E-state index is -2.62. The summed E-state index contributed by atoms with van der Waals surface area (Å²) in [7, 11) is 0. The fourth-order valence-electron chi connectivity index (χ4n) is 1.37. The SMILES string of the molecule is [2H]C([2H])([2H])NC(=O)c1cc(Oc2ccc(N)c(F)c2)ccn1. The van der Waals surface area contributed by atoms with Gasteiger partial charge in [-0.2, -0.15) is 0 Å². The Morgan fingerprint density at radius 3 is 2.95 bits per heavy atom. The molecular weight excluding hydrogens is 249 g/mol. The molecule has 1 aromatic carbocycles. The van der Waals surface area contributed by atoms with Crippen LogP contribution in [0.25, 0.3) is 0 Å². The van der Waals surface area contributed by atoms with E-state index in [4.69, 9.17) is 14.6 Å².